The Hall–Kier alpha value is -3.78. The third-order valence-electron chi connectivity index (χ3n) is 4.84. The van der Waals surface area contributed by atoms with Gasteiger partial charge in [-0.2, -0.15) is 0 Å². The SMILES string of the molecule is CC(C)(CF)C(=O)Nc1ccc(NS(=O)c2cccc(NC(=O)/C=C/c3ccccc3)c2)cc1. The Balaban J connectivity index is 1.59. The molecule has 0 radical (unpaired) electrons. The summed E-state index contributed by atoms with van der Waals surface area (Å²) in [5.41, 5.74) is 1.39. The largest absolute Gasteiger partial charge is 0.326 e. The number of carbonyl (C=O) groups is 2. The molecule has 176 valence electrons. The van der Waals surface area contributed by atoms with E-state index >= 15 is 0 Å². The second kappa shape index (κ2) is 11.4. The van der Waals surface area contributed by atoms with Gasteiger partial charge in [0.2, 0.25) is 11.8 Å². The van der Waals surface area contributed by atoms with Gasteiger partial charge in [-0.1, -0.05) is 36.4 Å². The predicted octanol–water partition coefficient (Wildman–Crippen LogP) is 5.41. The Morgan fingerprint density at radius 1 is 0.882 bits per heavy atom. The summed E-state index contributed by atoms with van der Waals surface area (Å²) in [4.78, 5) is 24.8. The van der Waals surface area contributed by atoms with Crippen LogP contribution in [0.5, 0.6) is 0 Å². The minimum atomic E-state index is -1.58. The first-order valence-electron chi connectivity index (χ1n) is 10.6. The number of hydrogen-bond acceptors (Lipinski definition) is 3. The lowest BCUT2D eigenvalue weighted by atomic mass is 9.94. The third-order valence-corrected chi connectivity index (χ3v) is 5.95. The van der Waals surface area contributed by atoms with E-state index in [1.54, 1.807) is 54.6 Å². The molecule has 34 heavy (non-hydrogen) atoms. The Bertz CT molecular complexity index is 1200. The first kappa shape index (κ1) is 24.9. The molecule has 0 aromatic heterocycles. The summed E-state index contributed by atoms with van der Waals surface area (Å²) in [5, 5.41) is 5.42. The van der Waals surface area contributed by atoms with Crippen molar-refractivity contribution in [1.29, 1.82) is 0 Å². The van der Waals surface area contributed by atoms with E-state index in [1.807, 2.05) is 30.3 Å². The van der Waals surface area contributed by atoms with Gasteiger partial charge in [0.05, 0.1) is 10.3 Å². The molecule has 1 atom stereocenters. The molecule has 3 aromatic rings. The van der Waals surface area contributed by atoms with Crippen LogP contribution >= 0.6 is 0 Å². The highest BCUT2D eigenvalue weighted by Crippen LogP contribution is 2.22. The maximum absolute atomic E-state index is 13.0. The smallest absolute Gasteiger partial charge is 0.248 e. The summed E-state index contributed by atoms with van der Waals surface area (Å²) < 4.78 is 28.6. The van der Waals surface area contributed by atoms with Crippen LogP contribution in [0, 0.1) is 5.41 Å². The highest BCUT2D eigenvalue weighted by molar-refractivity contribution is 7.86. The first-order chi connectivity index (χ1) is 16.3. The van der Waals surface area contributed by atoms with Crippen molar-refractivity contribution in [3.63, 3.8) is 0 Å². The Morgan fingerprint density at radius 2 is 1.56 bits per heavy atom. The van der Waals surface area contributed by atoms with Crippen LogP contribution < -0.4 is 15.4 Å². The van der Waals surface area contributed by atoms with Crippen molar-refractivity contribution in [2.75, 3.05) is 22.0 Å². The van der Waals surface area contributed by atoms with Gasteiger partial charge in [0, 0.05) is 23.1 Å². The number of halogens is 1. The highest BCUT2D eigenvalue weighted by Gasteiger charge is 2.27. The molecular weight excluding hydrogens is 453 g/mol. The fourth-order valence-electron chi connectivity index (χ4n) is 2.76. The monoisotopic (exact) mass is 479 g/mol. The molecule has 0 heterocycles. The average Bonchev–Trinajstić information content (AvgIpc) is 2.84. The topological polar surface area (TPSA) is 87.3 Å². The fourth-order valence-corrected chi connectivity index (χ4v) is 3.66. The lowest BCUT2D eigenvalue weighted by Crippen LogP contribution is -2.32. The maximum Gasteiger partial charge on any atom is 0.248 e. The Kier molecular flexibility index (Phi) is 8.32. The molecule has 2 amide bonds. The summed E-state index contributed by atoms with van der Waals surface area (Å²) >= 11 is 0. The molecule has 0 saturated heterocycles. The van der Waals surface area contributed by atoms with Gasteiger partial charge in [-0.05, 0) is 68.0 Å². The Labute approximate surface area is 200 Å². The quantitative estimate of drug-likeness (QED) is 0.359. The molecule has 8 heteroatoms. The molecule has 0 aliphatic heterocycles. The number of benzene rings is 3. The second-order valence-corrected chi connectivity index (χ2v) is 9.39. The number of alkyl halides is 1. The van der Waals surface area contributed by atoms with Gasteiger partial charge >= 0.3 is 0 Å². The van der Waals surface area contributed by atoms with E-state index in [0.717, 1.165) is 5.56 Å². The average molecular weight is 480 g/mol. The number of anilines is 3. The Morgan fingerprint density at radius 3 is 2.24 bits per heavy atom. The molecule has 0 aliphatic carbocycles. The molecule has 3 N–H and O–H groups in total. The van der Waals surface area contributed by atoms with Crippen LogP contribution in [0.25, 0.3) is 6.08 Å². The van der Waals surface area contributed by atoms with Crippen LogP contribution in [0.1, 0.15) is 19.4 Å². The van der Waals surface area contributed by atoms with Crippen molar-refractivity contribution < 1.29 is 18.2 Å². The van der Waals surface area contributed by atoms with Crippen LogP contribution in [0.15, 0.2) is 89.8 Å². The van der Waals surface area contributed by atoms with E-state index < -0.39 is 29.0 Å². The number of amides is 2. The van der Waals surface area contributed by atoms with Crippen LogP contribution in [-0.2, 0) is 20.6 Å². The van der Waals surface area contributed by atoms with E-state index in [2.05, 4.69) is 15.4 Å². The second-order valence-electron chi connectivity index (χ2n) is 8.18. The third kappa shape index (κ3) is 7.11. The van der Waals surface area contributed by atoms with Crippen molar-refractivity contribution in [2.45, 2.75) is 18.7 Å². The van der Waals surface area contributed by atoms with E-state index in [4.69, 9.17) is 0 Å². The standard InChI is InChI=1S/C26H26FN3O3S/c1-26(2,18-27)25(32)29-20-12-14-21(15-13-20)30-34(33)23-10-6-9-22(17-23)28-24(31)16-11-19-7-4-3-5-8-19/h3-17,30H,18H2,1-2H3,(H,28,31)(H,29,32)/b16-11+. The maximum atomic E-state index is 13.0. The molecular formula is C26H26FN3O3S. The molecule has 3 rings (SSSR count). The van der Waals surface area contributed by atoms with Gasteiger partial charge in [0.1, 0.15) is 17.7 Å². The van der Waals surface area contributed by atoms with Crippen LogP contribution in [0.2, 0.25) is 0 Å². The number of rotatable bonds is 9. The molecule has 0 bridgehead atoms. The summed E-state index contributed by atoms with van der Waals surface area (Å²) in [6.45, 7) is 2.29. The molecule has 6 nitrogen and oxygen atoms in total. The summed E-state index contributed by atoms with van der Waals surface area (Å²) in [5.74, 6) is -0.718. The van der Waals surface area contributed by atoms with Crippen molar-refractivity contribution >= 4 is 45.9 Å². The molecule has 1 unspecified atom stereocenters. The number of hydrogen-bond donors (Lipinski definition) is 3. The van der Waals surface area contributed by atoms with Gasteiger partial charge in [0.25, 0.3) is 0 Å². The zero-order valence-electron chi connectivity index (χ0n) is 18.9. The first-order valence-corrected chi connectivity index (χ1v) is 11.7. The summed E-state index contributed by atoms with van der Waals surface area (Å²) in [6, 6.07) is 22.8. The zero-order chi connectivity index (χ0) is 24.6. The normalized spacial score (nSPS) is 12.2. The number of carbonyl (C=O) groups excluding carboxylic acids is 2. The zero-order valence-corrected chi connectivity index (χ0v) is 19.7. The van der Waals surface area contributed by atoms with Crippen molar-refractivity contribution in [1.82, 2.24) is 0 Å². The van der Waals surface area contributed by atoms with Crippen LogP contribution in [-0.4, -0.2) is 22.7 Å². The lowest BCUT2D eigenvalue weighted by Gasteiger charge is -2.19. The summed E-state index contributed by atoms with van der Waals surface area (Å²) in [6.07, 6.45) is 3.15. The molecule has 0 aliphatic rings. The van der Waals surface area contributed by atoms with Crippen LogP contribution in [0.3, 0.4) is 0 Å². The van der Waals surface area contributed by atoms with E-state index in [0.29, 0.717) is 22.0 Å². The van der Waals surface area contributed by atoms with Gasteiger partial charge in [-0.25, -0.2) is 8.60 Å². The van der Waals surface area contributed by atoms with E-state index in [9.17, 15) is 18.2 Å². The molecule has 0 saturated carbocycles. The van der Waals surface area contributed by atoms with Crippen molar-refractivity contribution in [2.24, 2.45) is 5.41 Å². The lowest BCUT2D eigenvalue weighted by molar-refractivity contribution is -0.124. The van der Waals surface area contributed by atoms with E-state index in [1.165, 1.54) is 19.9 Å². The predicted molar refractivity (Wildman–Crippen MR) is 135 cm³/mol. The highest BCUT2D eigenvalue weighted by atomic mass is 32.2. The minimum absolute atomic E-state index is 0.298. The van der Waals surface area contributed by atoms with Crippen molar-refractivity contribution in [3.8, 4) is 0 Å². The molecule has 0 spiro atoms. The van der Waals surface area contributed by atoms with Gasteiger partial charge in [0.15, 0.2) is 0 Å². The molecule has 0 fully saturated rings. The number of nitrogens with one attached hydrogen (secondary N) is 3. The molecule has 3 aromatic carbocycles. The fraction of sp³-hybridized carbons (Fsp3) is 0.154. The van der Waals surface area contributed by atoms with Crippen molar-refractivity contribution in [3.05, 3.63) is 90.5 Å². The van der Waals surface area contributed by atoms with Gasteiger partial charge in [-0.3, -0.25) is 9.59 Å². The summed E-state index contributed by atoms with van der Waals surface area (Å²) in [7, 11) is -1.58. The van der Waals surface area contributed by atoms with Gasteiger partial charge in [-0.15, -0.1) is 0 Å². The van der Waals surface area contributed by atoms with E-state index in [-0.39, 0.29) is 5.91 Å². The van der Waals surface area contributed by atoms with Crippen LogP contribution in [0.4, 0.5) is 21.5 Å². The minimum Gasteiger partial charge on any atom is -0.326 e. The van der Waals surface area contributed by atoms with Gasteiger partial charge < -0.3 is 15.4 Å².